The van der Waals surface area contributed by atoms with E-state index < -0.39 is 46.8 Å². The summed E-state index contributed by atoms with van der Waals surface area (Å²) in [6, 6.07) is 3.31. The van der Waals surface area contributed by atoms with Crippen molar-refractivity contribution in [2.24, 2.45) is 29.2 Å². The van der Waals surface area contributed by atoms with Crippen LogP contribution in [0.3, 0.4) is 0 Å². The van der Waals surface area contributed by atoms with E-state index in [-0.39, 0.29) is 36.8 Å². The average molecular weight is 863 g/mol. The van der Waals surface area contributed by atoms with Gasteiger partial charge in [-0.25, -0.2) is 20.2 Å². The summed E-state index contributed by atoms with van der Waals surface area (Å²) in [6.07, 6.45) is -1.51. The first-order chi connectivity index (χ1) is 19.8. The predicted octanol–water partition coefficient (Wildman–Crippen LogP) is -1.31. The Kier molecular flexibility index (Phi) is 7.67. The predicted molar refractivity (Wildman–Crippen MR) is 165 cm³/mol. The lowest BCUT2D eigenvalue weighted by molar-refractivity contribution is -0.779. The fourth-order valence-corrected chi connectivity index (χ4v) is 9.07. The van der Waals surface area contributed by atoms with E-state index in [1.165, 1.54) is 7.11 Å². The Hall–Kier alpha value is -1.83. The zero-order valence-electron chi connectivity index (χ0n) is 21.7. The van der Waals surface area contributed by atoms with Gasteiger partial charge in [0.05, 0.1) is 29.4 Å². The maximum absolute atomic E-state index is 13.2. The van der Waals surface area contributed by atoms with Crippen molar-refractivity contribution in [1.29, 1.82) is 0 Å². The Labute approximate surface area is 277 Å². The van der Waals surface area contributed by atoms with Gasteiger partial charge in [-0.1, -0.05) is 0 Å². The normalized spacial score (nSPS) is 34.4. The van der Waals surface area contributed by atoms with Gasteiger partial charge >= 0.3 is 11.9 Å². The molecule has 1 saturated carbocycles. The third kappa shape index (κ3) is 4.27. The summed E-state index contributed by atoms with van der Waals surface area (Å²) in [6.45, 7) is 0.223. The molecule has 4 aliphatic rings. The van der Waals surface area contributed by atoms with E-state index in [1.54, 1.807) is 16.7 Å². The van der Waals surface area contributed by atoms with Gasteiger partial charge in [0.2, 0.25) is 6.23 Å². The van der Waals surface area contributed by atoms with Crippen molar-refractivity contribution >= 4 is 99.1 Å². The van der Waals surface area contributed by atoms with Crippen molar-refractivity contribution in [1.82, 2.24) is 31.2 Å². The molecule has 0 radical (unpaired) electrons. The van der Waals surface area contributed by atoms with Gasteiger partial charge < -0.3 is 30.4 Å². The van der Waals surface area contributed by atoms with Crippen LogP contribution in [0.2, 0.25) is 0 Å². The number of nitrogens with two attached hydrogens (primary N) is 2. The molecule has 2 fully saturated rings. The van der Waals surface area contributed by atoms with Gasteiger partial charge in [0.15, 0.2) is 5.54 Å². The number of carbonyl (C=O) groups is 2. The highest BCUT2D eigenvalue weighted by molar-refractivity contribution is 9.13. The highest BCUT2D eigenvalue weighted by atomic mass is 79.9. The number of halogens is 5. The Morgan fingerprint density at radius 1 is 1.07 bits per heavy atom. The lowest BCUT2D eigenvalue weighted by Gasteiger charge is -2.34. The number of aromatic nitrogens is 2. The van der Waals surface area contributed by atoms with Crippen LogP contribution in [0.25, 0.3) is 0 Å². The van der Waals surface area contributed by atoms with E-state index in [0.29, 0.717) is 29.5 Å². The number of rotatable bonds is 7. The zero-order chi connectivity index (χ0) is 30.3. The average Bonchev–Trinajstić information content (AvgIpc) is 3.71. The number of methoxy groups -OCH3 is 1. The number of alkyl halides is 1. The van der Waals surface area contributed by atoms with Gasteiger partial charge in [0.25, 0.3) is 23.7 Å². The summed E-state index contributed by atoms with van der Waals surface area (Å²) in [4.78, 5) is 35.4. The monoisotopic (exact) mass is 858 g/mol. The Bertz CT molecular complexity index is 1510. The van der Waals surface area contributed by atoms with Gasteiger partial charge in [-0.15, -0.1) is 11.6 Å². The molecule has 3 aliphatic heterocycles. The first-order valence-corrected chi connectivity index (χ1v) is 16.3. The minimum atomic E-state index is -1.65. The maximum Gasteiger partial charge on any atom is 0.349 e. The molecule has 14 nitrogen and oxygen atoms in total. The van der Waals surface area contributed by atoms with Crippen LogP contribution in [-0.4, -0.2) is 92.6 Å². The number of aliphatic hydroxyl groups is 1. The molecule has 2 aromatic rings. The summed E-state index contributed by atoms with van der Waals surface area (Å²) >= 11 is 20.9. The number of hydrogen-bond acceptors (Lipinski definition) is 8. The second-order valence-corrected chi connectivity index (χ2v) is 14.4. The third-order valence-corrected chi connectivity index (χ3v) is 12.9. The van der Waals surface area contributed by atoms with Crippen LogP contribution in [0.1, 0.15) is 21.0 Å². The summed E-state index contributed by atoms with van der Waals surface area (Å²) in [5.74, 6) is -1.96. The highest BCUT2D eigenvalue weighted by Gasteiger charge is 2.85. The van der Waals surface area contributed by atoms with Crippen molar-refractivity contribution in [2.45, 2.75) is 29.0 Å². The van der Waals surface area contributed by atoms with E-state index in [2.05, 4.69) is 99.9 Å². The lowest BCUT2D eigenvalue weighted by Crippen LogP contribution is -2.84. The molecule has 0 bridgehead atoms. The molecule has 2 amide bonds. The number of aromatic amines is 2. The van der Waals surface area contributed by atoms with Crippen molar-refractivity contribution in [3.05, 3.63) is 41.7 Å². The van der Waals surface area contributed by atoms with Crippen LogP contribution in [-0.2, 0) is 4.74 Å². The van der Waals surface area contributed by atoms with Crippen LogP contribution in [0.5, 0.6) is 0 Å². The summed E-state index contributed by atoms with van der Waals surface area (Å²) < 4.78 is 10.3. The lowest BCUT2D eigenvalue weighted by atomic mass is 9.77. The summed E-state index contributed by atoms with van der Waals surface area (Å²) in [7, 11) is 1.52. The number of guanidine groups is 2. The molecule has 19 heteroatoms. The van der Waals surface area contributed by atoms with E-state index in [1.807, 2.05) is 0 Å². The zero-order valence-corrected chi connectivity index (χ0v) is 28.8. The first kappa shape index (κ1) is 30.2. The Morgan fingerprint density at radius 3 is 2.12 bits per heavy atom. The van der Waals surface area contributed by atoms with E-state index >= 15 is 0 Å². The number of fused-ring (bicyclic) bond motifs is 3. The fourth-order valence-electron chi connectivity index (χ4n) is 7.13. The Morgan fingerprint density at radius 2 is 1.62 bits per heavy atom. The molecule has 226 valence electrons. The number of amides is 2. The quantitative estimate of drug-likeness (QED) is 0.119. The Balaban J connectivity index is 1.38. The van der Waals surface area contributed by atoms with Crippen molar-refractivity contribution < 1.29 is 29.0 Å². The molecule has 1 aliphatic carbocycles. The summed E-state index contributed by atoms with van der Waals surface area (Å²) in [5, 5.41) is 23.7. The highest BCUT2D eigenvalue weighted by Crippen LogP contribution is 2.60. The molecule has 42 heavy (non-hydrogen) atoms. The van der Waals surface area contributed by atoms with Gasteiger partial charge in [-0.3, -0.25) is 21.1 Å². The van der Waals surface area contributed by atoms with Crippen LogP contribution in [0.4, 0.5) is 0 Å². The number of nitrogens with zero attached hydrogens (tertiary/aromatic N) is 1. The smallest absolute Gasteiger partial charge is 0.349 e. The SMILES string of the molecule is CO[C@H]1NC(N)=[N+]2[C@@H]3[NH+]=C(N)N[C@]3(O)[C@@H]3[C@@H](CNC(=O)c4cc(Br)c(Br)[nH]4)[C@H](CNC(=O)c4cc(Br)c(Br)[nH]4)[C@@H](Cl)[C@@]132. The van der Waals surface area contributed by atoms with Gasteiger partial charge in [0, 0.05) is 26.1 Å². The van der Waals surface area contributed by atoms with E-state index in [4.69, 9.17) is 27.8 Å². The molecular weight excluding hydrogens is 835 g/mol. The molecule has 2 aromatic heterocycles. The fraction of sp³-hybridized carbons (Fsp3) is 0.478. The van der Waals surface area contributed by atoms with Crippen molar-refractivity contribution in [3.63, 3.8) is 0 Å². The maximum atomic E-state index is 13.2. The molecule has 6 rings (SSSR count). The van der Waals surface area contributed by atoms with Gasteiger partial charge in [-0.05, 0) is 81.8 Å². The number of nitrogens with one attached hydrogen (secondary N) is 7. The second-order valence-electron chi connectivity index (χ2n) is 10.6. The van der Waals surface area contributed by atoms with Crippen LogP contribution in [0, 0.1) is 17.8 Å². The number of H-pyrrole nitrogens is 2. The molecule has 0 aromatic carbocycles. The van der Waals surface area contributed by atoms with E-state index in [9.17, 15) is 14.7 Å². The molecule has 5 heterocycles. The largest absolute Gasteiger partial charge is 0.353 e. The van der Waals surface area contributed by atoms with E-state index in [0.717, 1.165) is 0 Å². The van der Waals surface area contributed by atoms with Crippen molar-refractivity contribution in [3.8, 4) is 0 Å². The van der Waals surface area contributed by atoms with Crippen LogP contribution >= 0.6 is 75.3 Å². The third-order valence-electron chi connectivity index (χ3n) is 8.62. The molecule has 12 N–H and O–H groups in total. The molecular formula is C23H27Br4ClN10O4+2. The number of ether oxygens (including phenoxy) is 1. The minimum Gasteiger partial charge on any atom is -0.353 e. The van der Waals surface area contributed by atoms with Crippen LogP contribution < -0.4 is 37.7 Å². The number of hydrogen-bond donors (Lipinski definition) is 10. The molecule has 1 spiro atoms. The molecule has 1 saturated heterocycles. The van der Waals surface area contributed by atoms with Crippen molar-refractivity contribution in [2.75, 3.05) is 20.2 Å². The van der Waals surface area contributed by atoms with Crippen LogP contribution in [0.15, 0.2) is 30.3 Å². The van der Waals surface area contributed by atoms with Gasteiger partial charge in [0.1, 0.15) is 11.4 Å². The summed E-state index contributed by atoms with van der Waals surface area (Å²) in [5.41, 5.74) is 10.5. The number of carbonyl (C=O) groups excluding carboxylic acids is 2. The first-order valence-electron chi connectivity index (χ1n) is 12.7. The standard InChI is InChI=1S/C23H25Br4ClN10O4/c1-42-19-22-12(23(41)18(35-20(29)37-23)38(22)21(30)36-19)6(4-31-16(39)10-2-8(24)14(26)33-10)7(13(22)28)5-32-17(40)11-3-9(25)15(27)34-11/h2-3,6-7,12-13,18-19,41H,4-5H2,1H3,(H9,29,30,31,32,33,34,35,36,37,39,40)/p+2/t6-,7-,12+,13+,18-,19+,22+,23-/m0/s1. The minimum absolute atomic E-state index is 0.101. The second kappa shape index (κ2) is 10.7. The molecule has 0 unspecified atom stereocenters. The van der Waals surface area contributed by atoms with Gasteiger partial charge in [-0.2, -0.15) is 0 Å². The molecule has 8 atom stereocenters. The topological polar surface area (TPSA) is 212 Å².